The van der Waals surface area contributed by atoms with Gasteiger partial charge in [0.2, 0.25) is 0 Å². The van der Waals surface area contributed by atoms with Crippen LogP contribution in [0.4, 0.5) is 0 Å². The average molecular weight is 348 g/mol. The number of hydrogen-bond donors (Lipinski definition) is 0. The minimum absolute atomic E-state index is 0.591. The SMILES string of the molecule is N#Cc1ccccc1OCCCSc1ccc(Br)cc1. The van der Waals surface area contributed by atoms with Crippen molar-refractivity contribution in [1.82, 2.24) is 0 Å². The number of rotatable bonds is 6. The van der Waals surface area contributed by atoms with Crippen molar-refractivity contribution in [3.05, 3.63) is 58.6 Å². The summed E-state index contributed by atoms with van der Waals surface area (Å²) in [6.07, 6.45) is 0.945. The Morgan fingerprint density at radius 1 is 1.10 bits per heavy atom. The van der Waals surface area contributed by atoms with E-state index >= 15 is 0 Å². The number of benzene rings is 2. The molecule has 0 N–H and O–H groups in total. The summed E-state index contributed by atoms with van der Waals surface area (Å²) in [4.78, 5) is 1.26. The number of hydrogen-bond acceptors (Lipinski definition) is 3. The molecule has 0 heterocycles. The normalized spacial score (nSPS) is 10.0. The lowest BCUT2D eigenvalue weighted by Gasteiger charge is -2.07. The molecule has 0 atom stereocenters. The molecule has 0 aliphatic heterocycles. The molecule has 0 aliphatic carbocycles. The fourth-order valence-electron chi connectivity index (χ4n) is 1.65. The monoisotopic (exact) mass is 347 g/mol. The van der Waals surface area contributed by atoms with Crippen molar-refractivity contribution >= 4 is 27.7 Å². The van der Waals surface area contributed by atoms with Crippen LogP contribution in [-0.2, 0) is 0 Å². The van der Waals surface area contributed by atoms with Crippen molar-refractivity contribution in [2.24, 2.45) is 0 Å². The van der Waals surface area contributed by atoms with Gasteiger partial charge in [-0.25, -0.2) is 0 Å². The predicted octanol–water partition coefficient (Wildman–Crippen LogP) is 4.88. The van der Waals surface area contributed by atoms with Crippen LogP contribution in [0.2, 0.25) is 0 Å². The van der Waals surface area contributed by atoms with E-state index in [4.69, 9.17) is 10.00 Å². The lowest BCUT2D eigenvalue weighted by atomic mass is 10.2. The van der Waals surface area contributed by atoms with Gasteiger partial charge < -0.3 is 4.74 Å². The molecular weight excluding hydrogens is 334 g/mol. The Kier molecular flexibility index (Phi) is 5.97. The largest absolute Gasteiger partial charge is 0.492 e. The summed E-state index contributed by atoms with van der Waals surface area (Å²) in [5, 5.41) is 8.95. The highest BCUT2D eigenvalue weighted by Gasteiger charge is 2.01. The molecule has 2 rings (SSSR count). The molecule has 0 fully saturated rings. The summed E-state index contributed by atoms with van der Waals surface area (Å²) in [7, 11) is 0. The summed E-state index contributed by atoms with van der Waals surface area (Å²) < 4.78 is 6.74. The summed E-state index contributed by atoms with van der Waals surface area (Å²) in [5.41, 5.74) is 0.591. The van der Waals surface area contributed by atoms with Crippen molar-refractivity contribution in [2.45, 2.75) is 11.3 Å². The molecule has 0 amide bonds. The average Bonchev–Trinajstić information content (AvgIpc) is 2.49. The van der Waals surface area contributed by atoms with E-state index in [1.54, 1.807) is 6.07 Å². The van der Waals surface area contributed by atoms with Crippen LogP contribution in [0, 0.1) is 11.3 Å². The second-order valence-electron chi connectivity index (χ2n) is 4.11. The van der Waals surface area contributed by atoms with Crippen molar-refractivity contribution in [3.63, 3.8) is 0 Å². The van der Waals surface area contributed by atoms with Crippen molar-refractivity contribution < 1.29 is 4.74 Å². The van der Waals surface area contributed by atoms with E-state index in [0.717, 1.165) is 16.6 Å². The van der Waals surface area contributed by atoms with Gasteiger partial charge in [0.05, 0.1) is 12.2 Å². The van der Waals surface area contributed by atoms with Crippen LogP contribution in [0.15, 0.2) is 57.9 Å². The Hall–Kier alpha value is -1.44. The summed E-state index contributed by atoms with van der Waals surface area (Å²) in [5.74, 6) is 1.67. The van der Waals surface area contributed by atoms with Crippen LogP contribution >= 0.6 is 27.7 Å². The fourth-order valence-corrected chi connectivity index (χ4v) is 2.74. The van der Waals surface area contributed by atoms with Crippen LogP contribution in [0.1, 0.15) is 12.0 Å². The second kappa shape index (κ2) is 7.98. The number of nitriles is 1. The van der Waals surface area contributed by atoms with E-state index in [9.17, 15) is 0 Å². The first-order chi connectivity index (χ1) is 9.79. The van der Waals surface area contributed by atoms with E-state index in [1.807, 2.05) is 42.1 Å². The van der Waals surface area contributed by atoms with Crippen molar-refractivity contribution in [2.75, 3.05) is 12.4 Å². The van der Waals surface area contributed by atoms with E-state index in [-0.39, 0.29) is 0 Å². The number of ether oxygens (including phenoxy) is 1. The molecule has 0 aliphatic rings. The quantitative estimate of drug-likeness (QED) is 0.551. The zero-order valence-corrected chi connectivity index (χ0v) is 13.3. The highest BCUT2D eigenvalue weighted by Crippen LogP contribution is 2.22. The third-order valence-corrected chi connectivity index (χ3v) is 4.26. The lowest BCUT2D eigenvalue weighted by molar-refractivity contribution is 0.318. The van der Waals surface area contributed by atoms with Gasteiger partial charge in [0.1, 0.15) is 11.8 Å². The standard InChI is InChI=1S/C16H14BrNOS/c17-14-6-8-15(9-7-14)20-11-3-10-19-16-5-2-1-4-13(16)12-18/h1-2,4-9H,3,10-11H2. The molecule has 0 radical (unpaired) electrons. The minimum atomic E-state index is 0.591. The first kappa shape index (κ1) is 15.0. The third-order valence-electron chi connectivity index (χ3n) is 2.64. The minimum Gasteiger partial charge on any atom is -0.492 e. The second-order valence-corrected chi connectivity index (χ2v) is 6.20. The molecular formula is C16H14BrNOS. The topological polar surface area (TPSA) is 33.0 Å². The molecule has 0 spiro atoms. The van der Waals surface area contributed by atoms with Gasteiger partial charge in [0.15, 0.2) is 0 Å². The number of nitrogens with zero attached hydrogens (tertiary/aromatic N) is 1. The van der Waals surface area contributed by atoms with Crippen molar-refractivity contribution in [3.8, 4) is 11.8 Å². The van der Waals surface area contributed by atoms with Gasteiger partial charge in [-0.15, -0.1) is 11.8 Å². The molecule has 0 aromatic heterocycles. The summed E-state index contributed by atoms with van der Waals surface area (Å²) in [6, 6.07) is 17.7. The Balaban J connectivity index is 1.72. The molecule has 2 nitrogen and oxygen atoms in total. The zero-order chi connectivity index (χ0) is 14.2. The summed E-state index contributed by atoms with van der Waals surface area (Å²) >= 11 is 5.23. The van der Waals surface area contributed by atoms with Crippen LogP contribution in [-0.4, -0.2) is 12.4 Å². The fraction of sp³-hybridized carbons (Fsp3) is 0.188. The molecule has 2 aromatic carbocycles. The highest BCUT2D eigenvalue weighted by molar-refractivity contribution is 9.10. The number of halogens is 1. The molecule has 4 heteroatoms. The third kappa shape index (κ3) is 4.59. The highest BCUT2D eigenvalue weighted by atomic mass is 79.9. The van der Waals surface area contributed by atoms with Gasteiger partial charge in [-0.2, -0.15) is 5.26 Å². The number of para-hydroxylation sites is 1. The van der Waals surface area contributed by atoms with Gasteiger partial charge in [0, 0.05) is 15.1 Å². The smallest absolute Gasteiger partial charge is 0.137 e. The van der Waals surface area contributed by atoms with Crippen LogP contribution in [0.5, 0.6) is 5.75 Å². The first-order valence-electron chi connectivity index (χ1n) is 6.30. The van der Waals surface area contributed by atoms with E-state index in [0.29, 0.717) is 17.9 Å². The van der Waals surface area contributed by atoms with Gasteiger partial charge >= 0.3 is 0 Å². The van der Waals surface area contributed by atoms with E-state index in [2.05, 4.69) is 34.1 Å². The molecule has 0 unspecified atom stereocenters. The molecule has 102 valence electrons. The first-order valence-corrected chi connectivity index (χ1v) is 8.08. The Labute approximate surface area is 131 Å². The molecule has 2 aromatic rings. The summed E-state index contributed by atoms with van der Waals surface area (Å²) in [6.45, 7) is 0.627. The molecule has 0 saturated heterocycles. The van der Waals surface area contributed by atoms with E-state index < -0.39 is 0 Å². The molecule has 0 saturated carbocycles. The lowest BCUT2D eigenvalue weighted by Crippen LogP contribution is -2.00. The zero-order valence-electron chi connectivity index (χ0n) is 10.9. The van der Waals surface area contributed by atoms with Gasteiger partial charge in [-0.05, 0) is 42.8 Å². The Morgan fingerprint density at radius 2 is 1.85 bits per heavy atom. The molecule has 20 heavy (non-hydrogen) atoms. The van der Waals surface area contributed by atoms with Gasteiger partial charge in [-0.3, -0.25) is 0 Å². The van der Waals surface area contributed by atoms with Gasteiger partial charge in [-0.1, -0.05) is 28.1 Å². The predicted molar refractivity (Wildman–Crippen MR) is 86.1 cm³/mol. The maximum atomic E-state index is 8.95. The van der Waals surface area contributed by atoms with Crippen molar-refractivity contribution in [1.29, 1.82) is 5.26 Å². The van der Waals surface area contributed by atoms with E-state index in [1.165, 1.54) is 4.90 Å². The number of thioether (sulfide) groups is 1. The van der Waals surface area contributed by atoms with Gasteiger partial charge in [0.25, 0.3) is 0 Å². The Bertz CT molecular complexity index is 592. The van der Waals surface area contributed by atoms with Crippen LogP contribution in [0.3, 0.4) is 0 Å². The Morgan fingerprint density at radius 3 is 2.60 bits per heavy atom. The van der Waals surface area contributed by atoms with Crippen LogP contribution < -0.4 is 4.74 Å². The maximum Gasteiger partial charge on any atom is 0.137 e. The molecule has 0 bridgehead atoms. The van der Waals surface area contributed by atoms with Crippen LogP contribution in [0.25, 0.3) is 0 Å². The maximum absolute atomic E-state index is 8.95.